The summed E-state index contributed by atoms with van der Waals surface area (Å²) in [7, 11) is 0. The highest BCUT2D eigenvalue weighted by Gasteiger charge is 2.23. The molecule has 0 unspecified atom stereocenters. The van der Waals surface area contributed by atoms with Crippen LogP contribution in [0.15, 0.2) is 18.2 Å². The van der Waals surface area contributed by atoms with E-state index < -0.39 is 0 Å². The van der Waals surface area contributed by atoms with Gasteiger partial charge in [-0.1, -0.05) is 17.7 Å². The molecule has 1 aromatic heterocycles. The molecule has 0 bridgehead atoms. The molecule has 15 heavy (non-hydrogen) atoms. The van der Waals surface area contributed by atoms with Crippen molar-refractivity contribution in [3.63, 3.8) is 0 Å². The lowest BCUT2D eigenvalue weighted by Gasteiger charge is -2.28. The minimum absolute atomic E-state index is 0.522. The summed E-state index contributed by atoms with van der Waals surface area (Å²) in [4.78, 5) is 4.32. The van der Waals surface area contributed by atoms with Crippen molar-refractivity contribution >= 4 is 28.6 Å². The Morgan fingerprint density at radius 1 is 1.40 bits per heavy atom. The predicted octanol–water partition coefficient (Wildman–Crippen LogP) is 3.00. The van der Waals surface area contributed by atoms with E-state index in [2.05, 4.69) is 9.55 Å². The summed E-state index contributed by atoms with van der Waals surface area (Å²) in [5, 5.41) is 0.678. The van der Waals surface area contributed by atoms with Crippen LogP contribution in [0.1, 0.15) is 25.3 Å². The molecule has 0 saturated heterocycles. The number of fused-ring (bicyclic) bond motifs is 1. The minimum atomic E-state index is 0.522. The average Bonchev–Trinajstić information content (AvgIpc) is 2.44. The molecular weight excluding hydrogens is 210 g/mol. The van der Waals surface area contributed by atoms with E-state index in [9.17, 15) is 0 Å². The zero-order valence-corrected chi connectivity index (χ0v) is 9.04. The van der Waals surface area contributed by atoms with Gasteiger partial charge in [-0.2, -0.15) is 0 Å². The molecule has 0 amide bonds. The molecule has 78 valence electrons. The summed E-state index contributed by atoms with van der Waals surface area (Å²) >= 11 is 6.08. The maximum atomic E-state index is 6.08. The number of rotatable bonds is 1. The number of aromatic nitrogens is 2. The SMILES string of the molecule is Nc1nc2c(Cl)cccc2n1C1CCC1. The van der Waals surface area contributed by atoms with Crippen LogP contribution in [0.25, 0.3) is 11.0 Å². The lowest BCUT2D eigenvalue weighted by molar-refractivity contribution is 0.324. The Morgan fingerprint density at radius 3 is 2.87 bits per heavy atom. The van der Waals surface area contributed by atoms with Gasteiger partial charge in [0.1, 0.15) is 5.52 Å². The first-order valence-electron chi connectivity index (χ1n) is 5.19. The number of halogens is 1. The van der Waals surface area contributed by atoms with Crippen molar-refractivity contribution in [2.24, 2.45) is 0 Å². The molecule has 1 aromatic carbocycles. The van der Waals surface area contributed by atoms with Gasteiger partial charge in [-0.25, -0.2) is 4.98 Å². The second kappa shape index (κ2) is 3.14. The number of benzene rings is 1. The van der Waals surface area contributed by atoms with Crippen LogP contribution < -0.4 is 5.73 Å². The van der Waals surface area contributed by atoms with Crippen LogP contribution in [0.3, 0.4) is 0 Å². The van der Waals surface area contributed by atoms with E-state index in [1.54, 1.807) is 0 Å². The van der Waals surface area contributed by atoms with Gasteiger partial charge in [-0.05, 0) is 31.4 Å². The van der Waals surface area contributed by atoms with Gasteiger partial charge < -0.3 is 10.3 Å². The summed E-state index contributed by atoms with van der Waals surface area (Å²) in [5.41, 5.74) is 7.81. The first kappa shape index (κ1) is 9.04. The Balaban J connectivity index is 2.27. The largest absolute Gasteiger partial charge is 0.369 e. The van der Waals surface area contributed by atoms with Gasteiger partial charge in [0.25, 0.3) is 0 Å². The van der Waals surface area contributed by atoms with Gasteiger partial charge in [0, 0.05) is 6.04 Å². The molecule has 0 spiro atoms. The zero-order chi connectivity index (χ0) is 10.4. The molecule has 1 aliphatic rings. The Hall–Kier alpha value is -1.22. The maximum Gasteiger partial charge on any atom is 0.201 e. The smallest absolute Gasteiger partial charge is 0.201 e. The van der Waals surface area contributed by atoms with Crippen molar-refractivity contribution in [1.82, 2.24) is 9.55 Å². The molecule has 0 atom stereocenters. The number of hydrogen-bond acceptors (Lipinski definition) is 2. The number of imidazole rings is 1. The van der Waals surface area contributed by atoms with Gasteiger partial charge in [-0.15, -0.1) is 0 Å². The zero-order valence-electron chi connectivity index (χ0n) is 8.28. The van der Waals surface area contributed by atoms with Crippen LogP contribution in [0, 0.1) is 0 Å². The molecule has 1 saturated carbocycles. The predicted molar refractivity (Wildman–Crippen MR) is 62.0 cm³/mol. The number of anilines is 1. The van der Waals surface area contributed by atoms with Crippen LogP contribution in [0.5, 0.6) is 0 Å². The van der Waals surface area contributed by atoms with Crippen molar-refractivity contribution in [2.75, 3.05) is 5.73 Å². The third kappa shape index (κ3) is 1.23. The van der Waals surface area contributed by atoms with Crippen LogP contribution in [0.4, 0.5) is 5.95 Å². The normalized spacial score (nSPS) is 16.9. The number of nitrogens with zero attached hydrogens (tertiary/aromatic N) is 2. The highest BCUT2D eigenvalue weighted by atomic mass is 35.5. The van der Waals surface area contributed by atoms with Crippen LogP contribution in [-0.2, 0) is 0 Å². The van der Waals surface area contributed by atoms with Gasteiger partial charge in [0.2, 0.25) is 5.95 Å². The summed E-state index contributed by atoms with van der Waals surface area (Å²) in [6, 6.07) is 6.35. The number of para-hydroxylation sites is 1. The molecule has 0 radical (unpaired) electrons. The summed E-state index contributed by atoms with van der Waals surface area (Å²) in [6.45, 7) is 0. The summed E-state index contributed by atoms with van der Waals surface area (Å²) in [6.07, 6.45) is 3.68. The monoisotopic (exact) mass is 221 g/mol. The van der Waals surface area contributed by atoms with Crippen molar-refractivity contribution in [2.45, 2.75) is 25.3 Å². The number of nitrogens with two attached hydrogens (primary N) is 1. The first-order valence-corrected chi connectivity index (χ1v) is 5.57. The first-order chi connectivity index (χ1) is 7.27. The maximum absolute atomic E-state index is 6.08. The molecule has 0 aliphatic heterocycles. The molecule has 1 fully saturated rings. The quantitative estimate of drug-likeness (QED) is 0.805. The van der Waals surface area contributed by atoms with Gasteiger partial charge in [0.15, 0.2) is 0 Å². The third-order valence-electron chi connectivity index (χ3n) is 3.14. The minimum Gasteiger partial charge on any atom is -0.369 e. The average molecular weight is 222 g/mol. The van der Waals surface area contributed by atoms with Crippen molar-refractivity contribution in [1.29, 1.82) is 0 Å². The van der Waals surface area contributed by atoms with E-state index in [-0.39, 0.29) is 0 Å². The standard InChI is InChI=1S/C11H12ClN3/c12-8-5-2-6-9-10(8)14-11(13)15(9)7-3-1-4-7/h2,5-7H,1,3-4H2,(H2,13,14). The van der Waals surface area contributed by atoms with Crippen molar-refractivity contribution in [3.05, 3.63) is 23.2 Å². The van der Waals surface area contributed by atoms with Crippen LogP contribution >= 0.6 is 11.6 Å². The van der Waals surface area contributed by atoms with E-state index in [4.69, 9.17) is 17.3 Å². The molecule has 1 aliphatic carbocycles. The van der Waals surface area contributed by atoms with Gasteiger partial charge in [0.05, 0.1) is 10.5 Å². The van der Waals surface area contributed by atoms with Crippen LogP contribution in [-0.4, -0.2) is 9.55 Å². The molecule has 3 rings (SSSR count). The van der Waals surface area contributed by atoms with E-state index in [0.29, 0.717) is 17.0 Å². The molecule has 2 aromatic rings. The third-order valence-corrected chi connectivity index (χ3v) is 3.44. The van der Waals surface area contributed by atoms with E-state index in [0.717, 1.165) is 11.0 Å². The Morgan fingerprint density at radius 2 is 2.20 bits per heavy atom. The molecule has 1 heterocycles. The highest BCUT2D eigenvalue weighted by molar-refractivity contribution is 6.35. The topological polar surface area (TPSA) is 43.8 Å². The second-order valence-corrected chi connectivity index (χ2v) is 4.44. The fraction of sp³-hybridized carbons (Fsp3) is 0.364. The summed E-state index contributed by atoms with van der Waals surface area (Å²) < 4.78 is 2.12. The lowest BCUT2D eigenvalue weighted by Crippen LogP contribution is -2.18. The molecular formula is C11H12ClN3. The number of hydrogen-bond donors (Lipinski definition) is 1. The fourth-order valence-corrected chi connectivity index (χ4v) is 2.34. The highest BCUT2D eigenvalue weighted by Crippen LogP contribution is 2.37. The lowest BCUT2D eigenvalue weighted by atomic mass is 9.93. The van der Waals surface area contributed by atoms with E-state index in [1.165, 1.54) is 19.3 Å². The fourth-order valence-electron chi connectivity index (χ4n) is 2.13. The Labute approximate surface area is 92.8 Å². The van der Waals surface area contributed by atoms with E-state index in [1.807, 2.05) is 18.2 Å². The second-order valence-electron chi connectivity index (χ2n) is 4.03. The summed E-state index contributed by atoms with van der Waals surface area (Å²) in [5.74, 6) is 0.586. The Kier molecular flexibility index (Phi) is 1.89. The van der Waals surface area contributed by atoms with Crippen LogP contribution in [0.2, 0.25) is 5.02 Å². The molecule has 3 nitrogen and oxygen atoms in total. The molecule has 2 N–H and O–H groups in total. The Bertz CT molecular complexity index is 514. The molecule has 4 heteroatoms. The van der Waals surface area contributed by atoms with E-state index >= 15 is 0 Å². The van der Waals surface area contributed by atoms with Crippen molar-refractivity contribution < 1.29 is 0 Å². The van der Waals surface area contributed by atoms with Gasteiger partial charge >= 0.3 is 0 Å². The van der Waals surface area contributed by atoms with Gasteiger partial charge in [-0.3, -0.25) is 0 Å². The van der Waals surface area contributed by atoms with Crippen molar-refractivity contribution in [3.8, 4) is 0 Å². The number of nitrogen functional groups attached to an aromatic ring is 1.